The second kappa shape index (κ2) is 3.18. The minimum atomic E-state index is -0.406. The normalized spacial score (nSPS) is 24.9. The molecule has 1 aliphatic rings. The van der Waals surface area contributed by atoms with Crippen LogP contribution in [0.25, 0.3) is 0 Å². The number of aliphatic hydroxyl groups excluding tert-OH is 1. The summed E-state index contributed by atoms with van der Waals surface area (Å²) in [6.45, 7) is 1.29. The number of β-amino-alcohol motifs (C(OH)–C–C–N with tert-alkyl or cyclic N) is 1. The van der Waals surface area contributed by atoms with Crippen LogP contribution in [0.4, 0.5) is 0 Å². The molecule has 6 heteroatoms. The number of hydrogen-bond acceptors (Lipinski definition) is 6. The molecule has 0 radical (unpaired) electrons. The number of nitrogens with zero attached hydrogens (tertiary/aromatic N) is 3. The van der Waals surface area contributed by atoms with Gasteiger partial charge in [-0.25, -0.2) is 0 Å². The summed E-state index contributed by atoms with van der Waals surface area (Å²) in [5.41, 5.74) is 0. The highest BCUT2D eigenvalue weighted by Crippen LogP contribution is 2.07. The molecule has 2 rings (SSSR count). The van der Waals surface area contributed by atoms with Crippen molar-refractivity contribution in [3.63, 3.8) is 0 Å². The first kappa shape index (κ1) is 7.66. The zero-order chi connectivity index (χ0) is 8.39. The van der Waals surface area contributed by atoms with Crippen LogP contribution in [0.5, 0.6) is 0 Å². The van der Waals surface area contributed by atoms with Crippen molar-refractivity contribution in [1.29, 1.82) is 0 Å². The van der Waals surface area contributed by atoms with E-state index in [-0.39, 0.29) is 0 Å². The van der Waals surface area contributed by atoms with E-state index >= 15 is 0 Å². The maximum absolute atomic E-state index is 9.10. The predicted octanol–water partition coefficient (Wildman–Crippen LogP) is -0.822. The summed E-state index contributed by atoms with van der Waals surface area (Å²) in [7, 11) is 0. The maximum atomic E-state index is 9.10. The summed E-state index contributed by atoms with van der Waals surface area (Å²) in [5.74, 6) is 0.559. The van der Waals surface area contributed by atoms with Crippen LogP contribution in [0.3, 0.4) is 0 Å². The summed E-state index contributed by atoms with van der Waals surface area (Å²) in [6.07, 6.45) is 0.860. The van der Waals surface area contributed by atoms with Crippen LogP contribution in [-0.2, 0) is 11.4 Å². The first-order valence-electron chi connectivity index (χ1n) is 3.66. The highest BCUT2D eigenvalue weighted by Gasteiger charge is 2.22. The van der Waals surface area contributed by atoms with E-state index in [0.29, 0.717) is 25.5 Å². The lowest BCUT2D eigenvalue weighted by Crippen LogP contribution is -2.21. The molecule has 12 heavy (non-hydrogen) atoms. The number of rotatable bonds is 2. The van der Waals surface area contributed by atoms with Crippen molar-refractivity contribution in [2.45, 2.75) is 12.6 Å². The minimum absolute atomic E-state index is 0.345. The fourth-order valence-electron chi connectivity index (χ4n) is 1.06. The largest absolute Gasteiger partial charge is 0.389 e. The van der Waals surface area contributed by atoms with Gasteiger partial charge in [0.1, 0.15) is 0 Å². The Bertz CT molecular complexity index is 238. The topological polar surface area (TPSA) is 71.6 Å². The molecule has 1 saturated heterocycles. The van der Waals surface area contributed by atoms with E-state index in [1.54, 1.807) is 5.06 Å². The Morgan fingerprint density at radius 1 is 1.75 bits per heavy atom. The Morgan fingerprint density at radius 3 is 3.25 bits per heavy atom. The Morgan fingerprint density at radius 2 is 2.67 bits per heavy atom. The fraction of sp³-hybridized carbons (Fsp3) is 0.667. The molecule has 1 fully saturated rings. The Balaban J connectivity index is 1.88. The maximum Gasteiger partial charge on any atom is 0.213 e. The fourth-order valence-corrected chi connectivity index (χ4v) is 1.06. The van der Waals surface area contributed by atoms with Crippen molar-refractivity contribution < 1.29 is 14.5 Å². The quantitative estimate of drug-likeness (QED) is 0.626. The summed E-state index contributed by atoms with van der Waals surface area (Å²) < 4.78 is 4.55. The van der Waals surface area contributed by atoms with E-state index in [4.69, 9.17) is 9.94 Å². The van der Waals surface area contributed by atoms with Crippen molar-refractivity contribution in [1.82, 2.24) is 15.2 Å². The Hall–Kier alpha value is -0.980. The molecule has 0 spiro atoms. The number of aliphatic hydroxyl groups is 1. The second-order valence-electron chi connectivity index (χ2n) is 2.62. The predicted molar refractivity (Wildman–Crippen MR) is 36.7 cm³/mol. The van der Waals surface area contributed by atoms with Crippen LogP contribution in [0.15, 0.2) is 10.9 Å². The third-order valence-electron chi connectivity index (χ3n) is 1.59. The van der Waals surface area contributed by atoms with Gasteiger partial charge in [0.2, 0.25) is 6.39 Å². The monoisotopic (exact) mass is 171 g/mol. The van der Waals surface area contributed by atoms with Crippen LogP contribution in [0, 0.1) is 0 Å². The van der Waals surface area contributed by atoms with Crippen LogP contribution >= 0.6 is 0 Å². The van der Waals surface area contributed by atoms with Gasteiger partial charge in [0.25, 0.3) is 0 Å². The van der Waals surface area contributed by atoms with Crippen LogP contribution in [0.2, 0.25) is 0 Å². The smallest absolute Gasteiger partial charge is 0.213 e. The lowest BCUT2D eigenvalue weighted by molar-refractivity contribution is -0.119. The molecule has 66 valence electrons. The van der Waals surface area contributed by atoms with E-state index in [1.165, 1.54) is 6.39 Å². The van der Waals surface area contributed by atoms with E-state index in [1.807, 2.05) is 0 Å². The first-order valence-corrected chi connectivity index (χ1v) is 3.66. The van der Waals surface area contributed by atoms with Gasteiger partial charge in [0.15, 0.2) is 5.82 Å². The molecule has 1 aromatic rings. The molecule has 0 amide bonds. The Kier molecular flexibility index (Phi) is 2.03. The van der Waals surface area contributed by atoms with Crippen LogP contribution < -0.4 is 0 Å². The van der Waals surface area contributed by atoms with Crippen LogP contribution in [-0.4, -0.2) is 39.6 Å². The molecule has 0 aromatic carbocycles. The molecule has 0 saturated carbocycles. The van der Waals surface area contributed by atoms with Crippen LogP contribution in [0.1, 0.15) is 5.82 Å². The minimum Gasteiger partial charge on any atom is -0.389 e. The van der Waals surface area contributed by atoms with Gasteiger partial charge in [-0.3, -0.25) is 4.84 Å². The van der Waals surface area contributed by atoms with Gasteiger partial charge in [-0.2, -0.15) is 10.0 Å². The second-order valence-corrected chi connectivity index (χ2v) is 2.62. The molecular formula is C6H9N3O3. The van der Waals surface area contributed by atoms with Gasteiger partial charge < -0.3 is 9.63 Å². The van der Waals surface area contributed by atoms with Crippen molar-refractivity contribution in [2.75, 3.05) is 13.2 Å². The molecule has 0 aliphatic carbocycles. The number of hydroxylamine groups is 2. The lowest BCUT2D eigenvalue weighted by atomic mass is 10.4. The number of aromatic nitrogens is 2. The molecule has 1 atom stereocenters. The molecule has 2 heterocycles. The molecular weight excluding hydrogens is 162 g/mol. The first-order chi connectivity index (χ1) is 5.84. The standard InChI is InChI=1S/C6H9N3O3/c10-5-1-9(12-3-5)2-6-7-4-11-8-6/h4-5,10H,1-3H2/t5-/m1/s1. The zero-order valence-corrected chi connectivity index (χ0v) is 6.38. The van der Waals surface area contributed by atoms with Gasteiger partial charge in [-0.1, -0.05) is 5.16 Å². The molecule has 0 bridgehead atoms. The third kappa shape index (κ3) is 1.60. The average molecular weight is 171 g/mol. The third-order valence-corrected chi connectivity index (χ3v) is 1.59. The van der Waals surface area contributed by atoms with Crippen molar-refractivity contribution in [3.8, 4) is 0 Å². The summed E-state index contributed by atoms with van der Waals surface area (Å²) in [4.78, 5) is 8.92. The highest BCUT2D eigenvalue weighted by atomic mass is 16.7. The van der Waals surface area contributed by atoms with Crippen molar-refractivity contribution in [3.05, 3.63) is 12.2 Å². The van der Waals surface area contributed by atoms with Gasteiger partial charge in [0, 0.05) is 0 Å². The Labute approximate surface area is 68.7 Å². The zero-order valence-electron chi connectivity index (χ0n) is 6.38. The van der Waals surface area contributed by atoms with Gasteiger partial charge in [0.05, 0.1) is 25.8 Å². The van der Waals surface area contributed by atoms with Crippen molar-refractivity contribution in [2.24, 2.45) is 0 Å². The average Bonchev–Trinajstić information content (AvgIpc) is 2.63. The summed E-state index contributed by atoms with van der Waals surface area (Å²) in [5, 5.41) is 14.3. The van der Waals surface area contributed by atoms with Crippen molar-refractivity contribution >= 4 is 0 Å². The van der Waals surface area contributed by atoms with Gasteiger partial charge >= 0.3 is 0 Å². The van der Waals surface area contributed by atoms with E-state index in [0.717, 1.165) is 0 Å². The highest BCUT2D eigenvalue weighted by molar-refractivity contribution is 4.78. The van der Waals surface area contributed by atoms with E-state index in [2.05, 4.69) is 14.7 Å². The van der Waals surface area contributed by atoms with E-state index in [9.17, 15) is 0 Å². The SMILES string of the molecule is O[C@H]1CON(Cc2ncon2)C1. The molecule has 0 unspecified atom stereocenters. The molecule has 1 aliphatic heterocycles. The lowest BCUT2D eigenvalue weighted by Gasteiger charge is -2.09. The van der Waals surface area contributed by atoms with Gasteiger partial charge in [-0.05, 0) is 0 Å². The molecule has 1 N–H and O–H groups in total. The molecule has 6 nitrogen and oxygen atoms in total. The number of hydrogen-bond donors (Lipinski definition) is 1. The molecule has 1 aromatic heterocycles. The van der Waals surface area contributed by atoms with Gasteiger partial charge in [-0.15, -0.1) is 0 Å². The summed E-state index contributed by atoms with van der Waals surface area (Å²) >= 11 is 0. The summed E-state index contributed by atoms with van der Waals surface area (Å²) in [6, 6.07) is 0. The van der Waals surface area contributed by atoms with E-state index < -0.39 is 6.10 Å².